The third kappa shape index (κ3) is 4.23. The first-order valence-corrected chi connectivity index (χ1v) is 9.67. The van der Waals surface area contributed by atoms with Gasteiger partial charge in [-0.25, -0.2) is 8.42 Å². The van der Waals surface area contributed by atoms with E-state index in [0.717, 1.165) is 19.3 Å². The van der Waals surface area contributed by atoms with Crippen LogP contribution in [0.25, 0.3) is 0 Å². The number of benzene rings is 1. The normalized spacial score (nSPS) is 27.4. The Labute approximate surface area is 127 Å². The summed E-state index contributed by atoms with van der Waals surface area (Å²) in [7, 11) is -2.88. The molecule has 112 valence electrons. The van der Waals surface area contributed by atoms with Crippen LogP contribution in [0.3, 0.4) is 0 Å². The van der Waals surface area contributed by atoms with E-state index in [1.807, 2.05) is 6.07 Å². The van der Waals surface area contributed by atoms with Gasteiger partial charge in [0.1, 0.15) is 9.84 Å². The SMILES string of the molecule is CCS(=O)(=O)CCC1CC(c2ccccc2)CCC1Cl. The average Bonchev–Trinajstić information content (AvgIpc) is 2.47. The smallest absolute Gasteiger partial charge is 0.150 e. The fraction of sp³-hybridized carbons (Fsp3) is 0.625. The highest BCUT2D eigenvalue weighted by molar-refractivity contribution is 7.91. The van der Waals surface area contributed by atoms with Gasteiger partial charge in [-0.05, 0) is 43.1 Å². The predicted octanol–water partition coefficient (Wildman–Crippen LogP) is 4.00. The molecule has 0 spiro atoms. The molecule has 0 radical (unpaired) electrons. The minimum Gasteiger partial charge on any atom is -0.229 e. The van der Waals surface area contributed by atoms with Crippen molar-refractivity contribution < 1.29 is 8.42 Å². The molecule has 0 bridgehead atoms. The van der Waals surface area contributed by atoms with Gasteiger partial charge in [0.05, 0.1) is 5.75 Å². The third-order valence-electron chi connectivity index (χ3n) is 4.40. The highest BCUT2D eigenvalue weighted by Crippen LogP contribution is 2.40. The second-order valence-corrected chi connectivity index (χ2v) is 8.76. The van der Waals surface area contributed by atoms with Gasteiger partial charge in [0.25, 0.3) is 0 Å². The van der Waals surface area contributed by atoms with E-state index in [1.54, 1.807) is 6.92 Å². The summed E-state index contributed by atoms with van der Waals surface area (Å²) in [4.78, 5) is 0. The lowest BCUT2D eigenvalue weighted by molar-refractivity contribution is 0.321. The zero-order chi connectivity index (χ0) is 14.6. The van der Waals surface area contributed by atoms with E-state index >= 15 is 0 Å². The molecule has 0 aromatic heterocycles. The molecule has 1 aromatic carbocycles. The zero-order valence-electron chi connectivity index (χ0n) is 12.0. The van der Waals surface area contributed by atoms with Crippen LogP contribution in [0.5, 0.6) is 0 Å². The fourth-order valence-electron chi connectivity index (χ4n) is 3.03. The predicted molar refractivity (Wildman–Crippen MR) is 85.1 cm³/mol. The lowest BCUT2D eigenvalue weighted by Crippen LogP contribution is -2.27. The van der Waals surface area contributed by atoms with Gasteiger partial charge in [-0.1, -0.05) is 37.3 Å². The maximum atomic E-state index is 11.7. The molecule has 0 aliphatic heterocycles. The molecular weight excluding hydrogens is 292 g/mol. The van der Waals surface area contributed by atoms with Gasteiger partial charge >= 0.3 is 0 Å². The second-order valence-electron chi connectivity index (χ2n) is 5.72. The summed E-state index contributed by atoms with van der Waals surface area (Å²) in [5.41, 5.74) is 1.36. The molecule has 2 rings (SSSR count). The van der Waals surface area contributed by atoms with Crippen LogP contribution in [0, 0.1) is 5.92 Å². The summed E-state index contributed by atoms with van der Waals surface area (Å²) in [6.07, 6.45) is 3.80. The Hall–Kier alpha value is -0.540. The molecule has 0 N–H and O–H groups in total. The first-order valence-electron chi connectivity index (χ1n) is 7.41. The summed E-state index contributed by atoms with van der Waals surface area (Å²) < 4.78 is 23.3. The molecule has 1 aliphatic rings. The second kappa shape index (κ2) is 6.95. The van der Waals surface area contributed by atoms with E-state index in [2.05, 4.69) is 24.3 Å². The van der Waals surface area contributed by atoms with Crippen LogP contribution in [-0.2, 0) is 9.84 Å². The summed E-state index contributed by atoms with van der Waals surface area (Å²) >= 11 is 6.41. The van der Waals surface area contributed by atoms with E-state index < -0.39 is 9.84 Å². The molecule has 1 saturated carbocycles. The molecule has 3 unspecified atom stereocenters. The maximum absolute atomic E-state index is 11.7. The Bertz CT molecular complexity index is 513. The van der Waals surface area contributed by atoms with Gasteiger partial charge in [0, 0.05) is 11.1 Å². The van der Waals surface area contributed by atoms with Gasteiger partial charge < -0.3 is 0 Å². The molecule has 1 aromatic rings. The fourth-order valence-corrected chi connectivity index (χ4v) is 4.33. The molecule has 4 heteroatoms. The molecule has 20 heavy (non-hydrogen) atoms. The van der Waals surface area contributed by atoms with Gasteiger partial charge in [0.15, 0.2) is 0 Å². The summed E-state index contributed by atoms with van der Waals surface area (Å²) in [6.45, 7) is 1.71. The average molecular weight is 315 g/mol. The molecule has 3 atom stereocenters. The molecule has 1 aliphatic carbocycles. The third-order valence-corrected chi connectivity index (χ3v) is 6.71. The number of sulfone groups is 1. The lowest BCUT2D eigenvalue weighted by atomic mass is 9.77. The van der Waals surface area contributed by atoms with Crippen LogP contribution in [0.1, 0.15) is 44.1 Å². The van der Waals surface area contributed by atoms with Crippen molar-refractivity contribution in [3.05, 3.63) is 35.9 Å². The molecule has 0 heterocycles. The van der Waals surface area contributed by atoms with Gasteiger partial charge in [0.2, 0.25) is 0 Å². The van der Waals surface area contributed by atoms with Crippen molar-refractivity contribution in [2.24, 2.45) is 5.92 Å². The standard InChI is InChI=1S/C16H23ClO2S/c1-2-20(18,19)11-10-15-12-14(8-9-16(15)17)13-6-4-3-5-7-13/h3-7,14-16H,2,8-12H2,1H3. The van der Waals surface area contributed by atoms with Crippen LogP contribution in [0.4, 0.5) is 0 Å². The number of rotatable bonds is 5. The topological polar surface area (TPSA) is 34.1 Å². The van der Waals surface area contributed by atoms with Crippen molar-refractivity contribution in [2.45, 2.75) is 43.9 Å². The van der Waals surface area contributed by atoms with Crippen molar-refractivity contribution in [3.63, 3.8) is 0 Å². The Morgan fingerprint density at radius 1 is 1.20 bits per heavy atom. The largest absolute Gasteiger partial charge is 0.229 e. The number of hydrogen-bond acceptors (Lipinski definition) is 2. The van der Waals surface area contributed by atoms with Crippen LogP contribution >= 0.6 is 11.6 Å². The first-order chi connectivity index (χ1) is 9.52. The number of alkyl halides is 1. The van der Waals surface area contributed by atoms with Crippen molar-refractivity contribution in [1.82, 2.24) is 0 Å². The summed E-state index contributed by atoms with van der Waals surface area (Å²) in [6, 6.07) is 10.5. The monoisotopic (exact) mass is 314 g/mol. The van der Waals surface area contributed by atoms with Gasteiger partial charge in [-0.2, -0.15) is 0 Å². The Balaban J connectivity index is 1.98. The van der Waals surface area contributed by atoms with E-state index in [0.29, 0.717) is 18.3 Å². The number of halogens is 1. The Kier molecular flexibility index (Phi) is 5.50. The summed E-state index contributed by atoms with van der Waals surface area (Å²) in [5.74, 6) is 1.35. The van der Waals surface area contributed by atoms with Crippen LogP contribution in [0.15, 0.2) is 30.3 Å². The molecule has 1 fully saturated rings. The molecule has 2 nitrogen and oxygen atoms in total. The Morgan fingerprint density at radius 2 is 1.90 bits per heavy atom. The molecule has 0 amide bonds. The van der Waals surface area contributed by atoms with Crippen LogP contribution in [-0.4, -0.2) is 25.3 Å². The molecule has 0 saturated heterocycles. The quantitative estimate of drug-likeness (QED) is 0.770. The minimum atomic E-state index is -2.88. The number of hydrogen-bond donors (Lipinski definition) is 0. The van der Waals surface area contributed by atoms with Gasteiger partial charge in [-0.15, -0.1) is 11.6 Å². The van der Waals surface area contributed by atoms with Crippen molar-refractivity contribution in [1.29, 1.82) is 0 Å². The molecular formula is C16H23ClO2S. The van der Waals surface area contributed by atoms with Gasteiger partial charge in [-0.3, -0.25) is 0 Å². The maximum Gasteiger partial charge on any atom is 0.150 e. The van der Waals surface area contributed by atoms with Crippen molar-refractivity contribution >= 4 is 21.4 Å². The van der Waals surface area contributed by atoms with Crippen LogP contribution < -0.4 is 0 Å². The van der Waals surface area contributed by atoms with E-state index in [9.17, 15) is 8.42 Å². The minimum absolute atomic E-state index is 0.127. The van der Waals surface area contributed by atoms with E-state index in [1.165, 1.54) is 5.56 Å². The summed E-state index contributed by atoms with van der Waals surface area (Å²) in [5, 5.41) is 0.127. The highest BCUT2D eigenvalue weighted by atomic mass is 35.5. The zero-order valence-corrected chi connectivity index (χ0v) is 13.5. The van der Waals surface area contributed by atoms with E-state index in [4.69, 9.17) is 11.6 Å². The van der Waals surface area contributed by atoms with Crippen molar-refractivity contribution in [3.8, 4) is 0 Å². The highest BCUT2D eigenvalue weighted by Gasteiger charge is 2.30. The first kappa shape index (κ1) is 15.8. The lowest BCUT2D eigenvalue weighted by Gasteiger charge is -2.33. The van der Waals surface area contributed by atoms with Crippen molar-refractivity contribution in [2.75, 3.05) is 11.5 Å². The van der Waals surface area contributed by atoms with E-state index in [-0.39, 0.29) is 16.9 Å². The van der Waals surface area contributed by atoms with Crippen LogP contribution in [0.2, 0.25) is 0 Å². The Morgan fingerprint density at radius 3 is 2.55 bits per heavy atom.